The second-order valence-corrected chi connectivity index (χ2v) is 7.85. The summed E-state index contributed by atoms with van der Waals surface area (Å²) in [7, 11) is 0. The first-order valence-electron chi connectivity index (χ1n) is 9.97. The van der Waals surface area contributed by atoms with Gasteiger partial charge in [0.05, 0.1) is 12.7 Å². The van der Waals surface area contributed by atoms with Crippen molar-refractivity contribution >= 4 is 11.0 Å². The molecular formula is C22H22O11. The number of hydrogen-bond acceptors (Lipinski definition) is 11. The Bertz CT molecular complexity index is 1250. The topological polar surface area (TPSA) is 201 Å². The van der Waals surface area contributed by atoms with E-state index in [1.165, 1.54) is 12.1 Å². The first kappa shape index (κ1) is 22.8. The predicted molar refractivity (Wildman–Crippen MR) is 112 cm³/mol. The molecule has 5 atom stereocenters. The fourth-order valence-corrected chi connectivity index (χ4v) is 3.92. The number of rotatable bonds is 4. The summed E-state index contributed by atoms with van der Waals surface area (Å²) in [6.45, 7) is -0.646. The zero-order chi connectivity index (χ0) is 24.0. The quantitative estimate of drug-likeness (QED) is 0.236. The first-order chi connectivity index (χ1) is 15.6. The van der Waals surface area contributed by atoms with Crippen molar-refractivity contribution in [3.8, 4) is 34.3 Å². The molecule has 1 aliphatic rings. The molecule has 2 heterocycles. The molecule has 1 saturated heterocycles. The summed E-state index contributed by atoms with van der Waals surface area (Å²) in [6, 6.07) is 5.69. The number of ether oxygens (including phenoxy) is 1. The molecular weight excluding hydrogens is 440 g/mol. The minimum atomic E-state index is -1.64. The van der Waals surface area contributed by atoms with E-state index in [0.29, 0.717) is 0 Å². The molecule has 0 unspecified atom stereocenters. The number of phenolic OH excluding ortho intramolecular Hbond substituents is 4. The van der Waals surface area contributed by atoms with Crippen LogP contribution in [0.4, 0.5) is 0 Å². The van der Waals surface area contributed by atoms with E-state index in [2.05, 4.69) is 0 Å². The summed E-state index contributed by atoms with van der Waals surface area (Å²) in [5, 5.41) is 79.5. The Morgan fingerprint density at radius 3 is 2.15 bits per heavy atom. The molecule has 11 heteroatoms. The molecule has 0 radical (unpaired) electrons. The largest absolute Gasteiger partial charge is 0.507 e. The van der Waals surface area contributed by atoms with E-state index in [-0.39, 0.29) is 40.0 Å². The number of fused-ring (bicyclic) bond motifs is 1. The molecule has 1 aliphatic heterocycles. The number of benzene rings is 2. The second kappa shape index (κ2) is 8.54. The number of hydrogen-bond donors (Lipinski definition) is 8. The molecule has 0 aliphatic carbocycles. The summed E-state index contributed by atoms with van der Waals surface area (Å²) >= 11 is 0. The van der Waals surface area contributed by atoms with Crippen LogP contribution in [-0.2, 0) is 11.2 Å². The van der Waals surface area contributed by atoms with E-state index in [9.17, 15) is 45.6 Å². The maximum atomic E-state index is 12.8. The van der Waals surface area contributed by atoms with Crippen LogP contribution in [0, 0.1) is 0 Å². The minimum absolute atomic E-state index is 0.0471. The molecule has 0 bridgehead atoms. The van der Waals surface area contributed by atoms with Gasteiger partial charge in [0.1, 0.15) is 52.6 Å². The lowest BCUT2D eigenvalue weighted by Crippen LogP contribution is -2.59. The average Bonchev–Trinajstić information content (AvgIpc) is 2.77. The minimum Gasteiger partial charge on any atom is -0.507 e. The van der Waals surface area contributed by atoms with Gasteiger partial charge in [-0.25, -0.2) is 0 Å². The van der Waals surface area contributed by atoms with Crippen LogP contribution >= 0.6 is 0 Å². The molecule has 1 aromatic heterocycles. The Morgan fingerprint density at radius 2 is 1.48 bits per heavy atom. The molecule has 8 N–H and O–H groups in total. The van der Waals surface area contributed by atoms with Crippen molar-refractivity contribution < 1.29 is 50.0 Å². The SMILES string of the molecule is O=c1cc(-c2ccc(O)c(O)c2)oc2c(C[C@H]3O[C@H](CO)[C@@H](O)[C@H](O)[C@H]3O)c(O)cc(O)c12. The Labute approximate surface area is 185 Å². The van der Waals surface area contributed by atoms with Gasteiger partial charge in [-0.15, -0.1) is 0 Å². The van der Waals surface area contributed by atoms with Gasteiger partial charge in [0, 0.05) is 29.7 Å². The highest BCUT2D eigenvalue weighted by Crippen LogP contribution is 2.38. The molecule has 176 valence electrons. The molecule has 0 saturated carbocycles. The molecule has 2 aromatic carbocycles. The van der Waals surface area contributed by atoms with Gasteiger partial charge in [0.25, 0.3) is 0 Å². The fourth-order valence-electron chi connectivity index (χ4n) is 3.92. The van der Waals surface area contributed by atoms with Gasteiger partial charge in [0.2, 0.25) is 0 Å². The Morgan fingerprint density at radius 1 is 0.788 bits per heavy atom. The molecule has 0 amide bonds. The second-order valence-electron chi connectivity index (χ2n) is 7.85. The molecule has 0 spiro atoms. The smallest absolute Gasteiger partial charge is 0.197 e. The maximum absolute atomic E-state index is 12.8. The highest BCUT2D eigenvalue weighted by Gasteiger charge is 2.43. The summed E-state index contributed by atoms with van der Waals surface area (Å²) in [4.78, 5) is 12.8. The summed E-state index contributed by atoms with van der Waals surface area (Å²) in [6.07, 6.45) is -7.54. The van der Waals surface area contributed by atoms with Crippen LogP contribution in [0.5, 0.6) is 23.0 Å². The fraction of sp³-hybridized carbons (Fsp3) is 0.318. The summed E-state index contributed by atoms with van der Waals surface area (Å²) in [5.74, 6) is -1.96. The molecule has 1 fully saturated rings. The maximum Gasteiger partial charge on any atom is 0.197 e. The zero-order valence-electron chi connectivity index (χ0n) is 17.0. The van der Waals surface area contributed by atoms with Crippen LogP contribution in [0.3, 0.4) is 0 Å². The van der Waals surface area contributed by atoms with Gasteiger partial charge in [-0.1, -0.05) is 0 Å². The third-order valence-electron chi connectivity index (χ3n) is 5.72. The Hall–Kier alpha value is -3.35. The van der Waals surface area contributed by atoms with Crippen molar-refractivity contribution in [2.24, 2.45) is 0 Å². The van der Waals surface area contributed by atoms with Gasteiger partial charge < -0.3 is 50.0 Å². The third kappa shape index (κ3) is 3.96. The highest BCUT2D eigenvalue weighted by molar-refractivity contribution is 5.89. The van der Waals surface area contributed by atoms with Gasteiger partial charge in [-0.2, -0.15) is 0 Å². The average molecular weight is 462 g/mol. The van der Waals surface area contributed by atoms with Crippen LogP contribution in [0.2, 0.25) is 0 Å². The molecule has 3 aromatic rings. The van der Waals surface area contributed by atoms with Crippen molar-refractivity contribution in [1.29, 1.82) is 0 Å². The highest BCUT2D eigenvalue weighted by atomic mass is 16.5. The number of aliphatic hydroxyl groups is 4. The lowest BCUT2D eigenvalue weighted by molar-refractivity contribution is -0.228. The van der Waals surface area contributed by atoms with Crippen LogP contribution in [-0.4, -0.2) is 78.0 Å². The van der Waals surface area contributed by atoms with Gasteiger partial charge >= 0.3 is 0 Å². The molecule has 11 nitrogen and oxygen atoms in total. The Kier molecular flexibility index (Phi) is 5.91. The van der Waals surface area contributed by atoms with Crippen LogP contribution < -0.4 is 5.43 Å². The van der Waals surface area contributed by atoms with Crippen LogP contribution in [0.1, 0.15) is 5.56 Å². The van der Waals surface area contributed by atoms with Gasteiger partial charge in [-0.3, -0.25) is 4.79 Å². The summed E-state index contributed by atoms with van der Waals surface area (Å²) in [5.41, 5.74) is -0.745. The van der Waals surface area contributed by atoms with Gasteiger partial charge in [0.15, 0.2) is 16.9 Å². The van der Waals surface area contributed by atoms with Crippen molar-refractivity contribution in [3.05, 3.63) is 46.1 Å². The van der Waals surface area contributed by atoms with Crippen molar-refractivity contribution in [1.82, 2.24) is 0 Å². The first-order valence-corrected chi connectivity index (χ1v) is 9.97. The van der Waals surface area contributed by atoms with Crippen LogP contribution in [0.25, 0.3) is 22.3 Å². The molecule has 4 rings (SSSR count). The van der Waals surface area contributed by atoms with Crippen LogP contribution in [0.15, 0.2) is 39.5 Å². The standard InChI is InChI=1S/C22H22O11/c23-7-17-20(30)21(31)19(29)16(32-17)4-9-11(25)5-13(27)18-14(28)6-15(33-22(9)18)8-1-2-10(24)12(26)3-8/h1-3,5-6,16-17,19-21,23-27,29-31H,4,7H2/t16-,17-,19+,20-,21-/m1/s1. The normalized spacial score (nSPS) is 25.4. The third-order valence-corrected chi connectivity index (χ3v) is 5.72. The van der Waals surface area contributed by atoms with E-state index in [4.69, 9.17) is 9.15 Å². The van der Waals surface area contributed by atoms with E-state index >= 15 is 0 Å². The number of aliphatic hydroxyl groups excluding tert-OH is 4. The van der Waals surface area contributed by atoms with Gasteiger partial charge in [-0.05, 0) is 18.2 Å². The van der Waals surface area contributed by atoms with E-state index < -0.39 is 59.8 Å². The van der Waals surface area contributed by atoms with Crippen molar-refractivity contribution in [2.75, 3.05) is 6.61 Å². The van der Waals surface area contributed by atoms with E-state index in [1.807, 2.05) is 0 Å². The van der Waals surface area contributed by atoms with E-state index in [1.54, 1.807) is 0 Å². The molecule has 33 heavy (non-hydrogen) atoms. The number of phenols is 4. The number of aromatic hydroxyl groups is 4. The van der Waals surface area contributed by atoms with Crippen molar-refractivity contribution in [3.63, 3.8) is 0 Å². The summed E-state index contributed by atoms with van der Waals surface area (Å²) < 4.78 is 11.3. The lowest BCUT2D eigenvalue weighted by atomic mass is 9.90. The monoisotopic (exact) mass is 462 g/mol. The lowest BCUT2D eigenvalue weighted by Gasteiger charge is -2.40. The zero-order valence-corrected chi connectivity index (χ0v) is 17.0. The van der Waals surface area contributed by atoms with Crippen molar-refractivity contribution in [2.45, 2.75) is 36.9 Å². The Balaban J connectivity index is 1.85. The van der Waals surface area contributed by atoms with E-state index in [0.717, 1.165) is 18.2 Å². The predicted octanol–water partition coefficient (Wildman–Crippen LogP) is -0.333.